The van der Waals surface area contributed by atoms with E-state index < -0.39 is 0 Å². The van der Waals surface area contributed by atoms with Crippen LogP contribution in [0.3, 0.4) is 0 Å². The van der Waals surface area contributed by atoms with Crippen LogP contribution in [0.5, 0.6) is 0 Å². The summed E-state index contributed by atoms with van der Waals surface area (Å²) in [5, 5.41) is 0. The van der Waals surface area contributed by atoms with Crippen LogP contribution in [0.25, 0.3) is 0 Å². The molecular weight excluding hydrogens is 217 g/mol. The number of hydrogen-bond acceptors (Lipinski definition) is 1. The van der Waals surface area contributed by atoms with Gasteiger partial charge in [-0.1, -0.05) is 23.8 Å². The van der Waals surface area contributed by atoms with Crippen molar-refractivity contribution in [1.29, 1.82) is 0 Å². The Morgan fingerprint density at radius 3 is 2.59 bits per heavy atom. The first kappa shape index (κ1) is 11.8. The molecule has 1 aromatic carbocycles. The van der Waals surface area contributed by atoms with Crippen molar-refractivity contribution < 1.29 is 9.18 Å². The summed E-state index contributed by atoms with van der Waals surface area (Å²) < 4.78 is 12.9. The zero-order valence-corrected chi connectivity index (χ0v) is 9.82. The Balaban J connectivity index is 2.31. The van der Waals surface area contributed by atoms with E-state index in [-0.39, 0.29) is 23.6 Å². The van der Waals surface area contributed by atoms with Crippen molar-refractivity contribution in [1.82, 2.24) is 0 Å². The normalized spacial score (nSPS) is 24.2. The minimum atomic E-state index is -0.275. The summed E-state index contributed by atoms with van der Waals surface area (Å²) >= 11 is 0. The van der Waals surface area contributed by atoms with Gasteiger partial charge in [-0.05, 0) is 43.4 Å². The number of allylic oxidation sites excluding steroid dienone is 2. The van der Waals surface area contributed by atoms with Gasteiger partial charge in [0.1, 0.15) is 5.82 Å². The van der Waals surface area contributed by atoms with Gasteiger partial charge in [-0.15, -0.1) is 0 Å². The molecule has 0 fully saturated rings. The number of rotatable bonds is 2. The van der Waals surface area contributed by atoms with Gasteiger partial charge in [0.15, 0.2) is 0 Å². The molecule has 2 N–H and O–H groups in total. The van der Waals surface area contributed by atoms with Crippen LogP contribution in [0, 0.1) is 11.7 Å². The molecule has 0 aliphatic heterocycles. The Kier molecular flexibility index (Phi) is 3.27. The molecule has 2 unspecified atom stereocenters. The lowest BCUT2D eigenvalue weighted by atomic mass is 9.76. The van der Waals surface area contributed by atoms with Gasteiger partial charge in [-0.25, -0.2) is 4.39 Å². The summed E-state index contributed by atoms with van der Waals surface area (Å²) in [4.78, 5) is 11.4. The van der Waals surface area contributed by atoms with Crippen LogP contribution >= 0.6 is 0 Å². The number of carbonyl (C=O) groups excluding carboxylic acids is 1. The molecule has 0 aromatic heterocycles. The minimum Gasteiger partial charge on any atom is -0.369 e. The van der Waals surface area contributed by atoms with E-state index in [4.69, 9.17) is 5.73 Å². The van der Waals surface area contributed by atoms with E-state index in [0.717, 1.165) is 12.0 Å². The summed E-state index contributed by atoms with van der Waals surface area (Å²) in [6.45, 7) is 2.05. The predicted octanol–water partition coefficient (Wildman–Crippen LogP) is 2.75. The van der Waals surface area contributed by atoms with Gasteiger partial charge < -0.3 is 5.73 Å². The van der Waals surface area contributed by atoms with Gasteiger partial charge in [-0.3, -0.25) is 4.79 Å². The largest absolute Gasteiger partial charge is 0.369 e. The van der Waals surface area contributed by atoms with Crippen molar-refractivity contribution in [3.63, 3.8) is 0 Å². The number of benzene rings is 1. The number of hydrogen-bond donors (Lipinski definition) is 1. The maximum absolute atomic E-state index is 12.9. The van der Waals surface area contributed by atoms with E-state index in [1.54, 1.807) is 12.1 Å². The number of halogens is 1. The second-order valence-corrected chi connectivity index (χ2v) is 4.66. The van der Waals surface area contributed by atoms with Crippen LogP contribution in [-0.2, 0) is 4.79 Å². The first-order valence-electron chi connectivity index (χ1n) is 5.78. The third kappa shape index (κ3) is 2.54. The van der Waals surface area contributed by atoms with E-state index in [9.17, 15) is 9.18 Å². The smallest absolute Gasteiger partial charge is 0.221 e. The summed E-state index contributed by atoms with van der Waals surface area (Å²) in [5.74, 6) is -0.627. The lowest BCUT2D eigenvalue weighted by molar-refractivity contribution is -0.122. The topological polar surface area (TPSA) is 43.1 Å². The second kappa shape index (κ2) is 4.70. The summed E-state index contributed by atoms with van der Waals surface area (Å²) in [6, 6.07) is 6.35. The highest BCUT2D eigenvalue weighted by molar-refractivity contribution is 5.78. The van der Waals surface area contributed by atoms with Crippen molar-refractivity contribution in [2.45, 2.75) is 25.7 Å². The van der Waals surface area contributed by atoms with E-state index >= 15 is 0 Å². The zero-order chi connectivity index (χ0) is 12.4. The fraction of sp³-hybridized carbons (Fsp3) is 0.357. The van der Waals surface area contributed by atoms with Crippen LogP contribution in [0.1, 0.15) is 31.2 Å². The highest BCUT2D eigenvalue weighted by Crippen LogP contribution is 2.37. The Morgan fingerprint density at radius 1 is 1.35 bits per heavy atom. The quantitative estimate of drug-likeness (QED) is 0.784. The first-order valence-corrected chi connectivity index (χ1v) is 5.78. The van der Waals surface area contributed by atoms with Crippen LogP contribution in [0.15, 0.2) is 35.9 Å². The molecule has 1 aliphatic rings. The second-order valence-electron chi connectivity index (χ2n) is 4.66. The lowest BCUT2D eigenvalue weighted by Crippen LogP contribution is -2.30. The summed E-state index contributed by atoms with van der Waals surface area (Å²) in [7, 11) is 0. The predicted molar refractivity (Wildman–Crippen MR) is 64.8 cm³/mol. The molecule has 2 atom stereocenters. The first-order chi connectivity index (χ1) is 8.08. The van der Waals surface area contributed by atoms with E-state index in [1.165, 1.54) is 17.7 Å². The molecule has 90 valence electrons. The van der Waals surface area contributed by atoms with Crippen molar-refractivity contribution in [2.75, 3.05) is 0 Å². The molecule has 1 aromatic rings. The molecule has 0 heterocycles. The fourth-order valence-corrected chi connectivity index (χ4v) is 2.44. The van der Waals surface area contributed by atoms with Crippen molar-refractivity contribution in [3.8, 4) is 0 Å². The molecule has 0 radical (unpaired) electrons. The number of nitrogens with two attached hydrogens (primary N) is 1. The molecule has 0 saturated carbocycles. The Morgan fingerprint density at radius 2 is 2.00 bits per heavy atom. The van der Waals surface area contributed by atoms with Crippen molar-refractivity contribution in [2.24, 2.45) is 11.7 Å². The van der Waals surface area contributed by atoms with Gasteiger partial charge in [0.05, 0.1) is 0 Å². The van der Waals surface area contributed by atoms with Gasteiger partial charge in [0.25, 0.3) is 0 Å². The summed E-state index contributed by atoms with van der Waals surface area (Å²) in [5.41, 5.74) is 7.68. The van der Waals surface area contributed by atoms with Crippen LogP contribution in [0.4, 0.5) is 4.39 Å². The maximum Gasteiger partial charge on any atom is 0.221 e. The lowest BCUT2D eigenvalue weighted by Gasteiger charge is -2.28. The number of carbonyl (C=O) groups is 1. The Labute approximate surface area is 100 Å². The molecule has 0 bridgehead atoms. The van der Waals surface area contributed by atoms with Crippen molar-refractivity contribution >= 4 is 5.91 Å². The van der Waals surface area contributed by atoms with Gasteiger partial charge in [0, 0.05) is 5.92 Å². The number of amides is 1. The fourth-order valence-electron chi connectivity index (χ4n) is 2.44. The van der Waals surface area contributed by atoms with Gasteiger partial charge >= 0.3 is 0 Å². The maximum atomic E-state index is 12.9. The third-order valence-corrected chi connectivity index (χ3v) is 3.41. The van der Waals surface area contributed by atoms with Crippen molar-refractivity contribution in [3.05, 3.63) is 47.3 Å². The van der Waals surface area contributed by atoms with E-state index in [1.807, 2.05) is 6.92 Å². The summed E-state index contributed by atoms with van der Waals surface area (Å²) in [6.07, 6.45) is 3.57. The molecule has 1 amide bonds. The highest BCUT2D eigenvalue weighted by Gasteiger charge is 2.29. The molecule has 3 heteroatoms. The Hall–Kier alpha value is -1.64. The van der Waals surface area contributed by atoms with Crippen LogP contribution < -0.4 is 5.73 Å². The zero-order valence-electron chi connectivity index (χ0n) is 9.82. The standard InChI is InChI=1S/C14H16FNO/c1-9-2-7-12(14(16)17)13(8-9)10-3-5-11(15)6-4-10/h2-6,12-13H,7-8H2,1H3,(H2,16,17). The average Bonchev–Trinajstić information content (AvgIpc) is 2.29. The molecule has 2 nitrogen and oxygen atoms in total. The SMILES string of the molecule is CC1=CCC(C(N)=O)C(c2ccc(F)cc2)C1. The number of primary amides is 1. The van der Waals surface area contributed by atoms with E-state index in [0.29, 0.717) is 6.42 Å². The molecule has 2 rings (SSSR count). The van der Waals surface area contributed by atoms with Gasteiger partial charge in [0.2, 0.25) is 5.91 Å². The molecular formula is C14H16FNO. The highest BCUT2D eigenvalue weighted by atomic mass is 19.1. The van der Waals surface area contributed by atoms with Crippen LogP contribution in [0.2, 0.25) is 0 Å². The third-order valence-electron chi connectivity index (χ3n) is 3.41. The molecule has 17 heavy (non-hydrogen) atoms. The Bertz CT molecular complexity index is 450. The average molecular weight is 233 g/mol. The minimum absolute atomic E-state index is 0.0816. The molecule has 1 aliphatic carbocycles. The molecule has 0 saturated heterocycles. The monoisotopic (exact) mass is 233 g/mol. The van der Waals surface area contributed by atoms with Crippen LogP contribution in [-0.4, -0.2) is 5.91 Å². The molecule has 0 spiro atoms. The van der Waals surface area contributed by atoms with Gasteiger partial charge in [-0.2, -0.15) is 0 Å². The van der Waals surface area contributed by atoms with E-state index in [2.05, 4.69) is 6.08 Å².